The molecular formula is C14H22N6O4. The average molecular weight is 338 g/mol. The number of hydrogen-bond acceptors (Lipinski definition) is 8. The number of hydrogen-bond donors (Lipinski definition) is 4. The zero-order chi connectivity index (χ0) is 18.4. The molecule has 6 N–H and O–H groups in total. The van der Waals surface area contributed by atoms with Crippen molar-refractivity contribution in [3.05, 3.63) is 30.3 Å². The molecule has 2 heterocycles. The van der Waals surface area contributed by atoms with E-state index in [4.69, 9.17) is 15.3 Å². The first-order valence-electron chi connectivity index (χ1n) is 7.02. The van der Waals surface area contributed by atoms with Crippen molar-refractivity contribution in [2.45, 2.75) is 20.4 Å². The van der Waals surface area contributed by atoms with Gasteiger partial charge in [-0.1, -0.05) is 6.07 Å². The van der Waals surface area contributed by atoms with Crippen molar-refractivity contribution in [1.29, 1.82) is 0 Å². The summed E-state index contributed by atoms with van der Waals surface area (Å²) in [5.74, 6) is 0.0256. The minimum absolute atomic E-state index is 0.0682. The van der Waals surface area contributed by atoms with Gasteiger partial charge in [0.2, 0.25) is 17.7 Å². The Balaban J connectivity index is 0.000000648. The molecule has 132 valence electrons. The summed E-state index contributed by atoms with van der Waals surface area (Å²) in [5, 5.41) is 17.7. The Morgan fingerprint density at radius 3 is 2.46 bits per heavy atom. The van der Waals surface area contributed by atoms with Crippen molar-refractivity contribution in [1.82, 2.24) is 20.5 Å². The highest BCUT2D eigenvalue weighted by Gasteiger charge is 2.09. The van der Waals surface area contributed by atoms with Gasteiger partial charge in [-0.15, -0.1) is 10.2 Å². The lowest BCUT2D eigenvalue weighted by Gasteiger charge is -1.97. The standard InChI is InChI=1S/C10H11N5O2.C2H5NO.C2H6O/c11-5-8(16)13-6-9-14-15-10(17-9)7-3-1-2-4-12-7;1-2(3)4;1-2-3/h1-4H,5-6,11H2,(H,13,16);1H3,(H2,3,4);3H,2H2,1H3. The first-order chi connectivity index (χ1) is 11.4. The molecule has 0 aliphatic heterocycles. The van der Waals surface area contributed by atoms with Gasteiger partial charge in [0.15, 0.2) is 0 Å². The zero-order valence-corrected chi connectivity index (χ0v) is 13.6. The smallest absolute Gasteiger partial charge is 0.266 e. The molecule has 10 nitrogen and oxygen atoms in total. The molecule has 0 aliphatic carbocycles. The van der Waals surface area contributed by atoms with E-state index in [0.29, 0.717) is 17.5 Å². The van der Waals surface area contributed by atoms with Crippen LogP contribution < -0.4 is 16.8 Å². The number of aromatic nitrogens is 3. The number of aliphatic hydroxyl groups is 1. The second-order valence-corrected chi connectivity index (χ2v) is 4.12. The molecule has 10 heteroatoms. The third kappa shape index (κ3) is 9.97. The van der Waals surface area contributed by atoms with E-state index in [9.17, 15) is 9.59 Å². The summed E-state index contributed by atoms with van der Waals surface area (Å²) in [5.41, 5.74) is 10.2. The molecule has 0 unspecified atom stereocenters. The second kappa shape index (κ2) is 12.7. The predicted molar refractivity (Wildman–Crippen MR) is 86.1 cm³/mol. The monoisotopic (exact) mass is 338 g/mol. The van der Waals surface area contributed by atoms with Crippen LogP contribution in [0.1, 0.15) is 19.7 Å². The third-order valence-corrected chi connectivity index (χ3v) is 1.97. The summed E-state index contributed by atoms with van der Waals surface area (Å²) >= 11 is 0. The van der Waals surface area contributed by atoms with Crippen molar-refractivity contribution in [3.8, 4) is 11.6 Å². The Hall–Kier alpha value is -2.85. The summed E-state index contributed by atoms with van der Waals surface area (Å²) in [6.45, 7) is 3.33. The molecule has 0 aromatic carbocycles. The van der Waals surface area contributed by atoms with Gasteiger partial charge in [-0.05, 0) is 19.1 Å². The first kappa shape index (κ1) is 21.1. The molecule has 0 fully saturated rings. The van der Waals surface area contributed by atoms with E-state index in [1.165, 1.54) is 6.92 Å². The molecule has 0 spiro atoms. The molecule has 2 amide bonds. The fraction of sp³-hybridized carbons (Fsp3) is 0.357. The van der Waals surface area contributed by atoms with E-state index in [0.717, 1.165) is 0 Å². The van der Waals surface area contributed by atoms with E-state index in [1.807, 2.05) is 6.07 Å². The van der Waals surface area contributed by atoms with Crippen LogP contribution in [0.2, 0.25) is 0 Å². The summed E-state index contributed by atoms with van der Waals surface area (Å²) < 4.78 is 5.32. The lowest BCUT2D eigenvalue weighted by atomic mass is 10.3. The Bertz CT molecular complexity index is 598. The molecule has 0 aliphatic rings. The molecule has 2 aromatic heterocycles. The maximum atomic E-state index is 10.9. The van der Waals surface area contributed by atoms with Gasteiger partial charge < -0.3 is 26.3 Å². The van der Waals surface area contributed by atoms with Gasteiger partial charge in [0.25, 0.3) is 5.89 Å². The lowest BCUT2D eigenvalue weighted by Crippen LogP contribution is -2.29. The number of nitrogens with one attached hydrogen (secondary N) is 1. The molecular weight excluding hydrogens is 316 g/mol. The minimum Gasteiger partial charge on any atom is -0.417 e. The molecule has 0 saturated heterocycles. The maximum Gasteiger partial charge on any atom is 0.266 e. The van der Waals surface area contributed by atoms with Crippen molar-refractivity contribution >= 4 is 11.8 Å². The topological polar surface area (TPSA) is 170 Å². The number of carbonyl (C=O) groups excluding carboxylic acids is 2. The van der Waals surface area contributed by atoms with Gasteiger partial charge in [-0.25, -0.2) is 0 Å². The van der Waals surface area contributed by atoms with E-state index in [2.05, 4.69) is 26.2 Å². The number of aliphatic hydroxyl groups excluding tert-OH is 1. The van der Waals surface area contributed by atoms with Crippen LogP contribution >= 0.6 is 0 Å². The number of nitrogens with zero attached hydrogens (tertiary/aromatic N) is 3. The van der Waals surface area contributed by atoms with Gasteiger partial charge in [0.05, 0.1) is 13.1 Å². The maximum absolute atomic E-state index is 10.9. The normalized spacial score (nSPS) is 9.00. The summed E-state index contributed by atoms with van der Waals surface area (Å²) in [4.78, 5) is 24.2. The second-order valence-electron chi connectivity index (χ2n) is 4.12. The number of pyridine rings is 1. The highest BCUT2D eigenvalue weighted by molar-refractivity contribution is 5.77. The molecule has 0 radical (unpaired) electrons. The molecule has 2 aromatic rings. The zero-order valence-electron chi connectivity index (χ0n) is 13.6. The van der Waals surface area contributed by atoms with Crippen LogP contribution in [0.15, 0.2) is 28.8 Å². The summed E-state index contributed by atoms with van der Waals surface area (Å²) in [6, 6.07) is 5.38. The lowest BCUT2D eigenvalue weighted by molar-refractivity contribution is -0.120. The molecule has 0 bridgehead atoms. The van der Waals surface area contributed by atoms with Crippen molar-refractivity contribution in [3.63, 3.8) is 0 Å². The van der Waals surface area contributed by atoms with Gasteiger partial charge in [-0.2, -0.15) is 0 Å². The van der Waals surface area contributed by atoms with Crippen LogP contribution in [0, 0.1) is 0 Å². The average Bonchev–Trinajstić information content (AvgIpc) is 3.02. The van der Waals surface area contributed by atoms with E-state index in [-0.39, 0.29) is 31.5 Å². The largest absolute Gasteiger partial charge is 0.417 e. The van der Waals surface area contributed by atoms with Crippen LogP contribution in [0.5, 0.6) is 0 Å². The highest BCUT2D eigenvalue weighted by atomic mass is 16.4. The van der Waals surface area contributed by atoms with Crippen LogP contribution in [-0.4, -0.2) is 45.3 Å². The Kier molecular flexibility index (Phi) is 11.2. The Morgan fingerprint density at radius 2 is 1.96 bits per heavy atom. The fourth-order valence-corrected chi connectivity index (χ4v) is 1.16. The molecule has 0 atom stereocenters. The highest BCUT2D eigenvalue weighted by Crippen LogP contribution is 2.13. The van der Waals surface area contributed by atoms with Crippen LogP contribution in [0.3, 0.4) is 0 Å². The Labute approximate surface area is 139 Å². The van der Waals surface area contributed by atoms with Gasteiger partial charge >= 0.3 is 0 Å². The van der Waals surface area contributed by atoms with Gasteiger partial charge in [-0.3, -0.25) is 14.6 Å². The SMILES string of the molecule is CC(N)=O.CCO.NCC(=O)NCc1nnc(-c2ccccn2)o1. The van der Waals surface area contributed by atoms with Crippen molar-refractivity contribution in [2.75, 3.05) is 13.2 Å². The van der Waals surface area contributed by atoms with E-state index in [1.54, 1.807) is 25.3 Å². The number of primary amides is 1. The van der Waals surface area contributed by atoms with Crippen LogP contribution in [0.25, 0.3) is 11.6 Å². The fourth-order valence-electron chi connectivity index (χ4n) is 1.16. The summed E-state index contributed by atoms with van der Waals surface area (Å²) in [7, 11) is 0. The number of nitrogens with two attached hydrogens (primary N) is 2. The van der Waals surface area contributed by atoms with Gasteiger partial charge in [0, 0.05) is 19.7 Å². The van der Waals surface area contributed by atoms with Crippen LogP contribution in [-0.2, 0) is 16.1 Å². The van der Waals surface area contributed by atoms with E-state index < -0.39 is 0 Å². The molecule has 0 saturated carbocycles. The first-order valence-corrected chi connectivity index (χ1v) is 7.02. The molecule has 24 heavy (non-hydrogen) atoms. The number of amides is 2. The van der Waals surface area contributed by atoms with Crippen LogP contribution in [0.4, 0.5) is 0 Å². The third-order valence-electron chi connectivity index (χ3n) is 1.97. The minimum atomic E-state index is -0.333. The quantitative estimate of drug-likeness (QED) is 0.561. The van der Waals surface area contributed by atoms with Crippen molar-refractivity contribution < 1.29 is 19.1 Å². The van der Waals surface area contributed by atoms with Gasteiger partial charge in [0.1, 0.15) is 5.69 Å². The number of carbonyl (C=O) groups is 2. The molecule has 2 rings (SSSR count). The number of rotatable bonds is 4. The Morgan fingerprint density at radius 1 is 1.33 bits per heavy atom. The summed E-state index contributed by atoms with van der Waals surface area (Å²) in [6.07, 6.45) is 1.63. The predicted octanol–water partition coefficient (Wildman–Crippen LogP) is -0.803. The van der Waals surface area contributed by atoms with E-state index >= 15 is 0 Å². The van der Waals surface area contributed by atoms with Crippen molar-refractivity contribution in [2.24, 2.45) is 11.5 Å².